The Hall–Kier alpha value is -1.55. The normalized spacial score (nSPS) is 22.8. The van der Waals surface area contributed by atoms with Crippen molar-refractivity contribution < 1.29 is 9.53 Å². The third-order valence-corrected chi connectivity index (χ3v) is 5.95. The fourth-order valence-corrected chi connectivity index (χ4v) is 4.41. The Labute approximate surface area is 152 Å². The first-order chi connectivity index (χ1) is 12.2. The molecule has 3 rings (SSSR count). The lowest BCUT2D eigenvalue weighted by atomic mass is 9.89. The summed E-state index contributed by atoms with van der Waals surface area (Å²) < 4.78 is 5.33. The van der Waals surface area contributed by atoms with E-state index in [2.05, 4.69) is 23.1 Å². The van der Waals surface area contributed by atoms with Crippen molar-refractivity contribution in [2.45, 2.75) is 51.5 Å². The predicted octanol–water partition coefficient (Wildman–Crippen LogP) is 3.35. The van der Waals surface area contributed by atoms with Gasteiger partial charge in [0.05, 0.1) is 7.11 Å². The molecule has 0 N–H and O–H groups in total. The van der Waals surface area contributed by atoms with Gasteiger partial charge < -0.3 is 9.64 Å². The van der Waals surface area contributed by atoms with Crippen molar-refractivity contribution in [3.63, 3.8) is 0 Å². The Morgan fingerprint density at radius 2 is 2.00 bits per heavy atom. The molecule has 1 aromatic carbocycles. The average Bonchev–Trinajstić information content (AvgIpc) is 2.67. The second kappa shape index (κ2) is 8.70. The summed E-state index contributed by atoms with van der Waals surface area (Å²) in [5, 5.41) is 0. The van der Waals surface area contributed by atoms with Gasteiger partial charge in [-0.25, -0.2) is 0 Å². The van der Waals surface area contributed by atoms with Crippen LogP contribution in [-0.2, 0) is 11.2 Å². The molecule has 0 bridgehead atoms. The molecular weight excluding hydrogens is 312 g/mol. The smallest absolute Gasteiger partial charge is 0.219 e. The van der Waals surface area contributed by atoms with E-state index in [1.807, 2.05) is 11.0 Å². The predicted molar refractivity (Wildman–Crippen MR) is 101 cm³/mol. The van der Waals surface area contributed by atoms with Gasteiger partial charge in [0, 0.05) is 32.6 Å². The molecule has 2 aliphatic rings. The van der Waals surface area contributed by atoms with Gasteiger partial charge in [0.25, 0.3) is 0 Å². The molecule has 0 radical (unpaired) electrons. The van der Waals surface area contributed by atoms with Crippen LogP contribution in [0.2, 0.25) is 0 Å². The van der Waals surface area contributed by atoms with E-state index in [1.54, 1.807) is 14.0 Å². The summed E-state index contributed by atoms with van der Waals surface area (Å²) >= 11 is 0. The molecular formula is C21H32N2O2. The lowest BCUT2D eigenvalue weighted by Crippen LogP contribution is -2.49. The van der Waals surface area contributed by atoms with Crippen LogP contribution in [0, 0.1) is 5.92 Å². The molecule has 2 fully saturated rings. The Morgan fingerprint density at radius 3 is 2.72 bits per heavy atom. The van der Waals surface area contributed by atoms with Crippen molar-refractivity contribution in [1.29, 1.82) is 0 Å². The van der Waals surface area contributed by atoms with Crippen LogP contribution in [0.5, 0.6) is 5.75 Å². The molecule has 2 heterocycles. The second-order valence-corrected chi connectivity index (χ2v) is 7.63. The number of nitrogens with zero attached hydrogens (tertiary/aromatic N) is 2. The van der Waals surface area contributed by atoms with E-state index in [1.165, 1.54) is 37.9 Å². The van der Waals surface area contributed by atoms with Crippen molar-refractivity contribution >= 4 is 5.91 Å². The molecule has 0 aromatic heterocycles. The zero-order chi connectivity index (χ0) is 17.6. The number of likely N-dealkylation sites (tertiary alicyclic amines) is 2. The van der Waals surface area contributed by atoms with Crippen molar-refractivity contribution in [3.8, 4) is 5.75 Å². The highest BCUT2D eigenvalue weighted by molar-refractivity contribution is 5.73. The Bertz CT molecular complexity index is 567. The summed E-state index contributed by atoms with van der Waals surface area (Å²) in [6.07, 6.45) is 7.35. The number of rotatable bonds is 5. The minimum absolute atomic E-state index is 0.230. The quantitative estimate of drug-likeness (QED) is 0.821. The molecule has 1 aromatic rings. The summed E-state index contributed by atoms with van der Waals surface area (Å²) in [6.45, 7) is 6.03. The first-order valence-electron chi connectivity index (χ1n) is 9.78. The minimum atomic E-state index is 0.230. The zero-order valence-electron chi connectivity index (χ0n) is 15.7. The fourth-order valence-electron chi connectivity index (χ4n) is 4.41. The molecule has 0 spiro atoms. The number of amides is 1. The number of carbonyl (C=O) groups excluding carboxylic acids is 1. The molecule has 2 aliphatic heterocycles. The van der Waals surface area contributed by atoms with E-state index in [0.29, 0.717) is 6.04 Å². The maximum absolute atomic E-state index is 11.5. The average molecular weight is 344 g/mol. The first kappa shape index (κ1) is 18.2. The van der Waals surface area contributed by atoms with Crippen LogP contribution < -0.4 is 4.74 Å². The first-order valence-corrected chi connectivity index (χ1v) is 9.78. The van der Waals surface area contributed by atoms with E-state index in [4.69, 9.17) is 4.74 Å². The Kier molecular flexibility index (Phi) is 6.35. The van der Waals surface area contributed by atoms with Gasteiger partial charge in [0.1, 0.15) is 5.75 Å². The molecule has 1 amide bonds. The lowest BCUT2D eigenvalue weighted by molar-refractivity contribution is -0.130. The summed E-state index contributed by atoms with van der Waals surface area (Å²) in [7, 11) is 1.73. The Balaban J connectivity index is 1.47. The van der Waals surface area contributed by atoms with Crippen molar-refractivity contribution in [3.05, 3.63) is 29.8 Å². The van der Waals surface area contributed by atoms with Crippen LogP contribution in [0.4, 0.5) is 0 Å². The number of hydrogen-bond acceptors (Lipinski definition) is 3. The summed E-state index contributed by atoms with van der Waals surface area (Å²) in [5.41, 5.74) is 1.38. The van der Waals surface area contributed by atoms with Gasteiger partial charge >= 0.3 is 0 Å². The summed E-state index contributed by atoms with van der Waals surface area (Å²) in [5.74, 6) is 1.99. The molecule has 0 aliphatic carbocycles. The Morgan fingerprint density at radius 1 is 1.20 bits per heavy atom. The van der Waals surface area contributed by atoms with Crippen LogP contribution in [0.1, 0.15) is 44.6 Å². The number of piperidine rings is 2. The summed E-state index contributed by atoms with van der Waals surface area (Å²) in [4.78, 5) is 16.2. The largest absolute Gasteiger partial charge is 0.497 e. The van der Waals surface area contributed by atoms with Gasteiger partial charge in [-0.05, 0) is 68.7 Å². The van der Waals surface area contributed by atoms with Crippen molar-refractivity contribution in [2.24, 2.45) is 5.92 Å². The molecule has 4 heteroatoms. The number of aryl methyl sites for hydroxylation is 1. The molecule has 4 nitrogen and oxygen atoms in total. The minimum Gasteiger partial charge on any atom is -0.497 e. The van der Waals surface area contributed by atoms with Crippen LogP contribution in [0.25, 0.3) is 0 Å². The van der Waals surface area contributed by atoms with Gasteiger partial charge in [-0.2, -0.15) is 0 Å². The van der Waals surface area contributed by atoms with Crippen LogP contribution in [0.15, 0.2) is 24.3 Å². The molecule has 138 valence electrons. The summed E-state index contributed by atoms with van der Waals surface area (Å²) in [6, 6.07) is 9.15. The highest BCUT2D eigenvalue weighted by Crippen LogP contribution is 2.27. The maximum atomic E-state index is 11.5. The molecule has 2 saturated heterocycles. The second-order valence-electron chi connectivity index (χ2n) is 7.63. The third kappa shape index (κ3) is 4.97. The van der Waals surface area contributed by atoms with E-state index in [0.717, 1.165) is 44.0 Å². The fraction of sp³-hybridized carbons (Fsp3) is 0.667. The zero-order valence-corrected chi connectivity index (χ0v) is 15.7. The van der Waals surface area contributed by atoms with Gasteiger partial charge in [-0.1, -0.05) is 12.1 Å². The van der Waals surface area contributed by atoms with Crippen LogP contribution in [-0.4, -0.2) is 55.0 Å². The van der Waals surface area contributed by atoms with Crippen LogP contribution in [0.3, 0.4) is 0 Å². The monoisotopic (exact) mass is 344 g/mol. The third-order valence-electron chi connectivity index (χ3n) is 5.95. The lowest BCUT2D eigenvalue weighted by Gasteiger charge is -2.42. The molecule has 0 saturated carbocycles. The van der Waals surface area contributed by atoms with Gasteiger partial charge in [-0.15, -0.1) is 0 Å². The number of hydrogen-bond donors (Lipinski definition) is 0. The van der Waals surface area contributed by atoms with Gasteiger partial charge in [0.15, 0.2) is 0 Å². The van der Waals surface area contributed by atoms with E-state index in [9.17, 15) is 4.79 Å². The van der Waals surface area contributed by atoms with Crippen LogP contribution >= 0.6 is 0 Å². The highest BCUT2D eigenvalue weighted by atomic mass is 16.5. The molecule has 25 heavy (non-hydrogen) atoms. The number of benzene rings is 1. The maximum Gasteiger partial charge on any atom is 0.219 e. The van der Waals surface area contributed by atoms with E-state index in [-0.39, 0.29) is 5.91 Å². The number of carbonyl (C=O) groups is 1. The number of methoxy groups -OCH3 is 1. The topological polar surface area (TPSA) is 32.8 Å². The van der Waals surface area contributed by atoms with Crippen molar-refractivity contribution in [1.82, 2.24) is 9.80 Å². The van der Waals surface area contributed by atoms with E-state index < -0.39 is 0 Å². The van der Waals surface area contributed by atoms with Gasteiger partial charge in [-0.3, -0.25) is 9.69 Å². The number of ether oxygens (including phenoxy) is 1. The highest BCUT2D eigenvalue weighted by Gasteiger charge is 2.29. The van der Waals surface area contributed by atoms with Gasteiger partial charge in [0.2, 0.25) is 5.91 Å². The van der Waals surface area contributed by atoms with Crippen molar-refractivity contribution in [2.75, 3.05) is 33.3 Å². The van der Waals surface area contributed by atoms with E-state index >= 15 is 0 Å². The standard InChI is InChI=1S/C21H32N2O2/c1-17(24)22-13-10-20(11-14-22)23-12-4-6-19(16-23)9-8-18-5-3-7-21(15-18)25-2/h3,5,7,15,19-20H,4,6,8-14,16H2,1-2H3/t19-/m0/s1. The SMILES string of the molecule is COc1cccc(CC[C@@H]2CCCN(C3CCN(C(C)=O)CC3)C2)c1. The molecule has 0 unspecified atom stereocenters. The molecule has 1 atom stereocenters.